The van der Waals surface area contributed by atoms with Gasteiger partial charge in [-0.15, -0.1) is 0 Å². The van der Waals surface area contributed by atoms with Crippen molar-refractivity contribution in [3.63, 3.8) is 0 Å². The molecular weight excluding hydrogens is 248 g/mol. The molecule has 1 aromatic rings. The molecule has 1 aromatic carbocycles. The van der Waals surface area contributed by atoms with Crippen molar-refractivity contribution in [2.45, 2.75) is 19.9 Å². The third-order valence-corrected chi connectivity index (χ3v) is 2.60. The second-order valence-electron chi connectivity index (χ2n) is 3.97. The average Bonchev–Trinajstić information content (AvgIpc) is 2.37. The molecule has 0 spiro atoms. The van der Waals surface area contributed by atoms with Crippen molar-refractivity contribution in [3.8, 4) is 0 Å². The number of rotatable bonds is 6. The topological polar surface area (TPSA) is 96.3 Å². The van der Waals surface area contributed by atoms with E-state index in [4.69, 9.17) is 0 Å². The van der Waals surface area contributed by atoms with Gasteiger partial charge in [-0.2, -0.15) is 0 Å². The molecule has 0 aliphatic rings. The lowest BCUT2D eigenvalue weighted by atomic mass is 10.2. The van der Waals surface area contributed by atoms with E-state index in [-0.39, 0.29) is 11.6 Å². The van der Waals surface area contributed by atoms with Crippen LogP contribution in [-0.4, -0.2) is 30.5 Å². The Kier molecular flexibility index (Phi) is 5.11. The Morgan fingerprint density at radius 1 is 1.42 bits per heavy atom. The van der Waals surface area contributed by atoms with Gasteiger partial charge in [0.25, 0.3) is 0 Å². The first-order valence-electron chi connectivity index (χ1n) is 6.00. The molecule has 1 atom stereocenters. The number of nitro benzene ring substituents is 1. The number of para-hydroxylation sites is 1. The summed E-state index contributed by atoms with van der Waals surface area (Å²) in [6, 6.07) is 4.36. The van der Waals surface area contributed by atoms with Crippen LogP contribution in [-0.2, 0) is 4.79 Å². The monoisotopic (exact) mass is 266 g/mol. The number of carbonyl (C=O) groups excluding carboxylic acids is 1. The average molecular weight is 266 g/mol. The molecule has 7 heteroatoms. The highest BCUT2D eigenvalue weighted by molar-refractivity contribution is 5.86. The highest BCUT2D eigenvalue weighted by atomic mass is 16.6. The van der Waals surface area contributed by atoms with E-state index >= 15 is 0 Å². The van der Waals surface area contributed by atoms with Crippen LogP contribution in [0, 0.1) is 10.1 Å². The van der Waals surface area contributed by atoms with Gasteiger partial charge in [-0.1, -0.05) is 6.07 Å². The summed E-state index contributed by atoms with van der Waals surface area (Å²) in [5, 5.41) is 19.4. The number of amides is 1. The van der Waals surface area contributed by atoms with Gasteiger partial charge in [-0.3, -0.25) is 14.9 Å². The maximum Gasteiger partial charge on any atom is 0.315 e. The standard InChI is InChI=1S/C12H18N4O3/c1-4-14-9-6-5-7-10(11(9)16(18)19)15-8(2)12(17)13-3/h5-8,14-15H,4H2,1-3H3,(H,13,17). The number of nitro groups is 1. The lowest BCUT2D eigenvalue weighted by Gasteiger charge is -2.15. The number of carbonyl (C=O) groups is 1. The van der Waals surface area contributed by atoms with Gasteiger partial charge >= 0.3 is 5.69 Å². The summed E-state index contributed by atoms with van der Waals surface area (Å²) in [4.78, 5) is 22.2. The summed E-state index contributed by atoms with van der Waals surface area (Å²) in [5.41, 5.74) is 0.696. The first kappa shape index (κ1) is 14.7. The van der Waals surface area contributed by atoms with E-state index in [0.717, 1.165) is 0 Å². The van der Waals surface area contributed by atoms with Crippen molar-refractivity contribution < 1.29 is 9.72 Å². The lowest BCUT2D eigenvalue weighted by molar-refractivity contribution is -0.383. The summed E-state index contributed by atoms with van der Waals surface area (Å²) in [6.07, 6.45) is 0. The largest absolute Gasteiger partial charge is 0.380 e. The number of likely N-dealkylation sites (N-methyl/N-ethyl adjacent to an activating group) is 1. The summed E-state index contributed by atoms with van der Waals surface area (Å²) in [5.74, 6) is -0.233. The fourth-order valence-corrected chi connectivity index (χ4v) is 1.71. The van der Waals surface area contributed by atoms with E-state index in [1.807, 2.05) is 6.92 Å². The molecule has 104 valence electrons. The summed E-state index contributed by atoms with van der Waals surface area (Å²) < 4.78 is 0. The highest BCUT2D eigenvalue weighted by Gasteiger charge is 2.22. The molecule has 3 N–H and O–H groups in total. The number of anilines is 2. The molecular formula is C12H18N4O3. The molecule has 1 rings (SSSR count). The van der Waals surface area contributed by atoms with E-state index in [1.54, 1.807) is 25.1 Å². The quantitative estimate of drug-likeness (QED) is 0.536. The third-order valence-electron chi connectivity index (χ3n) is 2.60. The molecule has 0 aliphatic carbocycles. The van der Waals surface area contributed by atoms with E-state index < -0.39 is 11.0 Å². The van der Waals surface area contributed by atoms with Gasteiger partial charge in [0, 0.05) is 13.6 Å². The maximum absolute atomic E-state index is 11.4. The minimum Gasteiger partial charge on any atom is -0.380 e. The molecule has 0 radical (unpaired) electrons. The van der Waals surface area contributed by atoms with Crippen molar-refractivity contribution in [1.82, 2.24) is 5.32 Å². The van der Waals surface area contributed by atoms with Crippen LogP contribution in [0.4, 0.5) is 17.1 Å². The smallest absolute Gasteiger partial charge is 0.315 e. The first-order chi connectivity index (χ1) is 9.01. The molecule has 7 nitrogen and oxygen atoms in total. The van der Waals surface area contributed by atoms with Crippen LogP contribution in [0.1, 0.15) is 13.8 Å². The number of nitrogens with one attached hydrogen (secondary N) is 3. The molecule has 19 heavy (non-hydrogen) atoms. The van der Waals surface area contributed by atoms with Crippen LogP contribution in [0.15, 0.2) is 18.2 Å². The Balaban J connectivity index is 3.09. The van der Waals surface area contributed by atoms with E-state index in [2.05, 4.69) is 16.0 Å². The predicted molar refractivity (Wildman–Crippen MR) is 74.4 cm³/mol. The Morgan fingerprint density at radius 3 is 2.58 bits per heavy atom. The fourth-order valence-electron chi connectivity index (χ4n) is 1.71. The van der Waals surface area contributed by atoms with Gasteiger partial charge in [0.15, 0.2) is 0 Å². The van der Waals surface area contributed by atoms with Crippen molar-refractivity contribution in [1.29, 1.82) is 0 Å². The second-order valence-corrected chi connectivity index (χ2v) is 3.97. The Labute approximate surface area is 111 Å². The second kappa shape index (κ2) is 6.58. The van der Waals surface area contributed by atoms with Gasteiger partial charge in [-0.25, -0.2) is 0 Å². The zero-order valence-corrected chi connectivity index (χ0v) is 11.2. The van der Waals surface area contributed by atoms with Crippen LogP contribution >= 0.6 is 0 Å². The van der Waals surface area contributed by atoms with Gasteiger partial charge in [0.1, 0.15) is 17.4 Å². The summed E-state index contributed by atoms with van der Waals surface area (Å²) >= 11 is 0. The Bertz CT molecular complexity index is 476. The highest BCUT2D eigenvalue weighted by Crippen LogP contribution is 2.33. The normalized spacial score (nSPS) is 11.5. The predicted octanol–water partition coefficient (Wildman–Crippen LogP) is 1.57. The lowest BCUT2D eigenvalue weighted by Crippen LogP contribution is -2.35. The fraction of sp³-hybridized carbons (Fsp3) is 0.417. The molecule has 1 unspecified atom stereocenters. The Hall–Kier alpha value is -2.31. The molecule has 1 amide bonds. The molecule has 0 fully saturated rings. The van der Waals surface area contributed by atoms with E-state index in [0.29, 0.717) is 17.9 Å². The molecule has 0 bridgehead atoms. The van der Waals surface area contributed by atoms with Crippen LogP contribution in [0.2, 0.25) is 0 Å². The molecule has 0 saturated heterocycles. The molecule has 0 heterocycles. The van der Waals surface area contributed by atoms with Crippen molar-refractivity contribution in [2.24, 2.45) is 0 Å². The number of benzene rings is 1. The Morgan fingerprint density at radius 2 is 2.05 bits per heavy atom. The number of hydrogen-bond donors (Lipinski definition) is 3. The van der Waals surface area contributed by atoms with Gasteiger partial charge in [0.2, 0.25) is 5.91 Å². The van der Waals surface area contributed by atoms with E-state index in [9.17, 15) is 14.9 Å². The van der Waals surface area contributed by atoms with E-state index in [1.165, 1.54) is 7.05 Å². The molecule has 0 aliphatic heterocycles. The minimum atomic E-state index is -0.555. The number of hydrogen-bond acceptors (Lipinski definition) is 5. The minimum absolute atomic E-state index is 0.0555. The van der Waals surface area contributed by atoms with Crippen molar-refractivity contribution >= 4 is 23.0 Å². The zero-order valence-electron chi connectivity index (χ0n) is 11.2. The summed E-state index contributed by atoms with van der Waals surface area (Å²) in [7, 11) is 1.52. The van der Waals surface area contributed by atoms with Gasteiger partial charge in [0.05, 0.1) is 4.92 Å². The maximum atomic E-state index is 11.4. The van der Waals surface area contributed by atoms with Crippen LogP contribution < -0.4 is 16.0 Å². The SMILES string of the molecule is CCNc1cccc(NC(C)C(=O)NC)c1[N+](=O)[O-]. The van der Waals surface area contributed by atoms with Crippen LogP contribution in [0.3, 0.4) is 0 Å². The summed E-state index contributed by atoms with van der Waals surface area (Å²) in [6.45, 7) is 4.08. The van der Waals surface area contributed by atoms with Crippen LogP contribution in [0.5, 0.6) is 0 Å². The van der Waals surface area contributed by atoms with Gasteiger partial charge in [-0.05, 0) is 26.0 Å². The van der Waals surface area contributed by atoms with Crippen molar-refractivity contribution in [3.05, 3.63) is 28.3 Å². The molecule has 0 saturated carbocycles. The van der Waals surface area contributed by atoms with Crippen LogP contribution in [0.25, 0.3) is 0 Å². The number of nitrogens with zero attached hydrogens (tertiary/aromatic N) is 1. The third kappa shape index (κ3) is 3.57. The zero-order chi connectivity index (χ0) is 14.4. The first-order valence-corrected chi connectivity index (χ1v) is 6.00. The van der Waals surface area contributed by atoms with Crippen molar-refractivity contribution in [2.75, 3.05) is 24.2 Å². The molecule has 0 aromatic heterocycles. The van der Waals surface area contributed by atoms with Gasteiger partial charge < -0.3 is 16.0 Å².